The van der Waals surface area contributed by atoms with E-state index in [1.54, 1.807) is 30.3 Å². The molecular formula is C17H18BrNO3S. The number of sulfonamides is 1. The fourth-order valence-electron chi connectivity index (χ4n) is 2.02. The van der Waals surface area contributed by atoms with E-state index in [0.717, 1.165) is 21.0 Å². The summed E-state index contributed by atoms with van der Waals surface area (Å²) < 4.78 is 27.2. The lowest BCUT2D eigenvalue weighted by Gasteiger charge is -2.21. The summed E-state index contributed by atoms with van der Waals surface area (Å²) in [7, 11) is -3.68. The number of halogens is 1. The van der Waals surface area contributed by atoms with Gasteiger partial charge in [0.25, 0.3) is 10.0 Å². The largest absolute Gasteiger partial charge is 0.394 e. The van der Waals surface area contributed by atoms with Crippen LogP contribution in [0.25, 0.3) is 6.08 Å². The van der Waals surface area contributed by atoms with Gasteiger partial charge in [-0.15, -0.1) is 0 Å². The van der Waals surface area contributed by atoms with Gasteiger partial charge in [-0.2, -0.15) is 0 Å². The Morgan fingerprint density at radius 1 is 1.09 bits per heavy atom. The number of aryl methyl sites for hydroxylation is 1. The molecule has 23 heavy (non-hydrogen) atoms. The molecule has 1 N–H and O–H groups in total. The third-order valence-corrected chi connectivity index (χ3v) is 5.25. The molecule has 2 aromatic carbocycles. The minimum Gasteiger partial charge on any atom is -0.394 e. The molecule has 0 spiro atoms. The van der Waals surface area contributed by atoms with Crippen LogP contribution in [0.5, 0.6) is 0 Å². The quantitative estimate of drug-likeness (QED) is 0.813. The van der Waals surface area contributed by atoms with E-state index in [9.17, 15) is 13.5 Å². The van der Waals surface area contributed by atoms with E-state index in [1.807, 2.05) is 31.2 Å². The van der Waals surface area contributed by atoms with Gasteiger partial charge in [-0.1, -0.05) is 45.8 Å². The van der Waals surface area contributed by atoms with Crippen LogP contribution in [-0.4, -0.2) is 26.7 Å². The van der Waals surface area contributed by atoms with Gasteiger partial charge >= 0.3 is 0 Å². The van der Waals surface area contributed by atoms with Gasteiger partial charge in [0.1, 0.15) is 0 Å². The van der Waals surface area contributed by atoms with Crippen molar-refractivity contribution < 1.29 is 13.5 Å². The van der Waals surface area contributed by atoms with Crippen LogP contribution >= 0.6 is 15.9 Å². The van der Waals surface area contributed by atoms with Crippen molar-refractivity contribution in [2.75, 3.05) is 17.5 Å². The lowest BCUT2D eigenvalue weighted by atomic mass is 10.2. The van der Waals surface area contributed by atoms with E-state index in [0.29, 0.717) is 5.69 Å². The molecule has 0 saturated carbocycles. The fraction of sp³-hybridized carbons (Fsp3) is 0.176. The SMILES string of the molecule is Cc1ccc(C=CS(=O)(=O)N(CCO)c2ccc(Br)cc2)cc1. The van der Waals surface area contributed by atoms with Crippen LogP contribution in [0.2, 0.25) is 0 Å². The van der Waals surface area contributed by atoms with E-state index < -0.39 is 10.0 Å². The number of aliphatic hydroxyl groups is 1. The summed E-state index contributed by atoms with van der Waals surface area (Å²) in [6.45, 7) is 1.72. The second-order valence-electron chi connectivity index (χ2n) is 5.03. The normalized spacial score (nSPS) is 11.8. The van der Waals surface area contributed by atoms with Crippen LogP contribution in [-0.2, 0) is 10.0 Å². The van der Waals surface area contributed by atoms with E-state index in [-0.39, 0.29) is 13.2 Å². The highest BCUT2D eigenvalue weighted by molar-refractivity contribution is 9.10. The Kier molecular flexibility index (Phi) is 5.98. The van der Waals surface area contributed by atoms with Crippen molar-refractivity contribution in [3.63, 3.8) is 0 Å². The second kappa shape index (κ2) is 7.77. The first-order valence-corrected chi connectivity index (χ1v) is 9.36. The maximum absolute atomic E-state index is 12.6. The monoisotopic (exact) mass is 395 g/mol. The number of nitrogens with zero attached hydrogens (tertiary/aromatic N) is 1. The Balaban J connectivity index is 2.29. The van der Waals surface area contributed by atoms with Crippen molar-refractivity contribution in [3.8, 4) is 0 Å². The van der Waals surface area contributed by atoms with Crippen LogP contribution in [0.1, 0.15) is 11.1 Å². The Morgan fingerprint density at radius 3 is 2.26 bits per heavy atom. The molecule has 0 radical (unpaired) electrons. The van der Waals surface area contributed by atoms with Crippen LogP contribution in [0, 0.1) is 6.92 Å². The van der Waals surface area contributed by atoms with Gasteiger partial charge in [0, 0.05) is 4.47 Å². The Bertz CT molecular complexity index is 768. The van der Waals surface area contributed by atoms with E-state index >= 15 is 0 Å². The molecule has 0 heterocycles. The summed E-state index contributed by atoms with van der Waals surface area (Å²) in [5, 5.41) is 10.4. The molecule has 0 saturated heterocycles. The molecule has 2 rings (SSSR count). The maximum Gasteiger partial charge on any atom is 0.257 e. The summed E-state index contributed by atoms with van der Waals surface area (Å²) in [5.74, 6) is 0. The van der Waals surface area contributed by atoms with Gasteiger partial charge in [0.05, 0.1) is 24.2 Å². The second-order valence-corrected chi connectivity index (χ2v) is 7.69. The fourth-order valence-corrected chi connectivity index (χ4v) is 3.51. The maximum atomic E-state index is 12.6. The van der Waals surface area contributed by atoms with Crippen LogP contribution in [0.3, 0.4) is 0 Å². The highest BCUT2D eigenvalue weighted by atomic mass is 79.9. The molecule has 0 aliphatic heterocycles. The zero-order chi connectivity index (χ0) is 16.9. The summed E-state index contributed by atoms with van der Waals surface area (Å²) in [6, 6.07) is 14.5. The van der Waals surface area contributed by atoms with Crippen molar-refractivity contribution in [2.24, 2.45) is 0 Å². The molecule has 2 aromatic rings. The lowest BCUT2D eigenvalue weighted by Crippen LogP contribution is -2.31. The summed E-state index contributed by atoms with van der Waals surface area (Å²) in [5.41, 5.74) is 2.43. The smallest absolute Gasteiger partial charge is 0.257 e. The van der Waals surface area contributed by atoms with Crippen molar-refractivity contribution in [3.05, 3.63) is 69.5 Å². The Morgan fingerprint density at radius 2 is 1.70 bits per heavy atom. The highest BCUT2D eigenvalue weighted by Gasteiger charge is 2.19. The lowest BCUT2D eigenvalue weighted by molar-refractivity contribution is 0.307. The summed E-state index contributed by atoms with van der Waals surface area (Å²) in [6.07, 6.45) is 1.55. The van der Waals surface area contributed by atoms with Crippen LogP contribution < -0.4 is 4.31 Å². The van der Waals surface area contributed by atoms with E-state index in [1.165, 1.54) is 4.31 Å². The standard InChI is InChI=1S/C17H18BrNO3S/c1-14-2-4-15(5-3-14)10-13-23(21,22)19(11-12-20)17-8-6-16(18)7-9-17/h2-10,13,20H,11-12H2,1H3. The van der Waals surface area contributed by atoms with Crippen molar-refractivity contribution >= 4 is 37.7 Å². The first-order valence-electron chi connectivity index (χ1n) is 7.06. The molecule has 0 aliphatic rings. The third-order valence-electron chi connectivity index (χ3n) is 3.23. The van der Waals surface area contributed by atoms with E-state index in [4.69, 9.17) is 0 Å². The van der Waals surface area contributed by atoms with Gasteiger partial charge in [-0.05, 0) is 42.8 Å². The third kappa shape index (κ3) is 4.92. The summed E-state index contributed by atoms with van der Waals surface area (Å²) in [4.78, 5) is 0. The average molecular weight is 396 g/mol. The number of hydrogen-bond donors (Lipinski definition) is 1. The Hall–Kier alpha value is -1.63. The zero-order valence-electron chi connectivity index (χ0n) is 12.7. The molecule has 122 valence electrons. The molecule has 0 unspecified atom stereocenters. The van der Waals surface area contributed by atoms with Gasteiger partial charge in [-0.25, -0.2) is 8.42 Å². The number of aliphatic hydroxyl groups excluding tert-OH is 1. The number of anilines is 1. The van der Waals surface area contributed by atoms with Crippen LogP contribution in [0.15, 0.2) is 58.4 Å². The first kappa shape index (κ1) is 17.7. The molecule has 0 fully saturated rings. The Labute approximate surface area is 145 Å². The van der Waals surface area contributed by atoms with Gasteiger partial charge in [0.15, 0.2) is 0 Å². The summed E-state index contributed by atoms with van der Waals surface area (Å²) >= 11 is 3.32. The first-order chi connectivity index (χ1) is 10.9. The predicted octanol–water partition coefficient (Wildman–Crippen LogP) is 3.56. The van der Waals surface area contributed by atoms with Crippen molar-refractivity contribution in [1.29, 1.82) is 0 Å². The van der Waals surface area contributed by atoms with Crippen LogP contribution in [0.4, 0.5) is 5.69 Å². The highest BCUT2D eigenvalue weighted by Crippen LogP contribution is 2.22. The minimum atomic E-state index is -3.68. The molecule has 0 bridgehead atoms. The molecule has 0 aromatic heterocycles. The molecule has 0 atom stereocenters. The average Bonchev–Trinajstić information content (AvgIpc) is 2.53. The van der Waals surface area contributed by atoms with Gasteiger partial charge < -0.3 is 5.11 Å². The number of rotatable bonds is 6. The zero-order valence-corrected chi connectivity index (χ0v) is 15.1. The minimum absolute atomic E-state index is 0.00219. The molecule has 6 heteroatoms. The molecule has 0 amide bonds. The topological polar surface area (TPSA) is 57.6 Å². The molecule has 0 aliphatic carbocycles. The number of hydrogen-bond acceptors (Lipinski definition) is 3. The number of benzene rings is 2. The molecular weight excluding hydrogens is 378 g/mol. The van der Waals surface area contributed by atoms with Crippen molar-refractivity contribution in [1.82, 2.24) is 0 Å². The van der Waals surface area contributed by atoms with Gasteiger partial charge in [-0.3, -0.25) is 4.31 Å². The molecule has 4 nitrogen and oxygen atoms in total. The van der Waals surface area contributed by atoms with Crippen molar-refractivity contribution in [2.45, 2.75) is 6.92 Å². The van der Waals surface area contributed by atoms with Gasteiger partial charge in [0.2, 0.25) is 0 Å². The predicted molar refractivity (Wildman–Crippen MR) is 97.7 cm³/mol. The van der Waals surface area contributed by atoms with E-state index in [2.05, 4.69) is 15.9 Å².